The van der Waals surface area contributed by atoms with Gasteiger partial charge in [-0.1, -0.05) is 6.42 Å². The summed E-state index contributed by atoms with van der Waals surface area (Å²) in [7, 11) is 0. The van der Waals surface area contributed by atoms with E-state index in [9.17, 15) is 4.79 Å². The maximum Gasteiger partial charge on any atom is 0.222 e. The van der Waals surface area contributed by atoms with Crippen LogP contribution in [-0.4, -0.2) is 30.4 Å². The van der Waals surface area contributed by atoms with Gasteiger partial charge in [0.25, 0.3) is 0 Å². The molecule has 0 unspecified atom stereocenters. The van der Waals surface area contributed by atoms with Gasteiger partial charge in [-0.2, -0.15) is 0 Å². The summed E-state index contributed by atoms with van der Waals surface area (Å²) in [5.41, 5.74) is 5.37. The van der Waals surface area contributed by atoms with E-state index in [1.54, 1.807) is 0 Å². The molecule has 0 radical (unpaired) electrons. The molecule has 0 saturated carbocycles. The predicted octanol–water partition coefficient (Wildman–Crippen LogP) is 0.738. The van der Waals surface area contributed by atoms with Crippen molar-refractivity contribution in [3.63, 3.8) is 0 Å². The van der Waals surface area contributed by atoms with Crippen molar-refractivity contribution in [2.45, 2.75) is 32.1 Å². The van der Waals surface area contributed by atoms with E-state index < -0.39 is 0 Å². The van der Waals surface area contributed by atoms with Crippen molar-refractivity contribution in [3.05, 3.63) is 0 Å². The van der Waals surface area contributed by atoms with Gasteiger partial charge in [0.1, 0.15) is 0 Å². The van der Waals surface area contributed by atoms with Crippen molar-refractivity contribution in [2.24, 2.45) is 5.73 Å². The number of unbranched alkanes of at least 4 members (excludes halogenated alkanes) is 2. The van der Waals surface area contributed by atoms with Crippen LogP contribution in [0.2, 0.25) is 0 Å². The van der Waals surface area contributed by atoms with Gasteiger partial charge in [0.15, 0.2) is 0 Å². The minimum atomic E-state index is 0.336. The van der Waals surface area contributed by atoms with Crippen molar-refractivity contribution in [1.29, 1.82) is 0 Å². The first-order valence-electron chi connectivity index (χ1n) is 4.82. The van der Waals surface area contributed by atoms with Crippen LogP contribution in [0.5, 0.6) is 0 Å². The van der Waals surface area contributed by atoms with Crippen molar-refractivity contribution in [1.82, 2.24) is 4.90 Å². The zero-order valence-corrected chi connectivity index (χ0v) is 7.59. The number of carbonyl (C=O) groups excluding carboxylic acids is 1. The van der Waals surface area contributed by atoms with Gasteiger partial charge in [-0.05, 0) is 25.8 Å². The average molecular weight is 170 g/mol. The number of nitrogens with zero attached hydrogens (tertiary/aromatic N) is 1. The predicted molar refractivity (Wildman–Crippen MR) is 48.7 cm³/mol. The second-order valence-corrected chi connectivity index (χ2v) is 3.33. The summed E-state index contributed by atoms with van der Waals surface area (Å²) in [6.07, 6.45) is 5.16. The van der Waals surface area contributed by atoms with Gasteiger partial charge < -0.3 is 10.6 Å². The van der Waals surface area contributed by atoms with Crippen LogP contribution in [0.15, 0.2) is 0 Å². The lowest BCUT2D eigenvalue weighted by molar-refractivity contribution is -0.127. The highest BCUT2D eigenvalue weighted by Crippen LogP contribution is 2.10. The molecule has 1 aliphatic heterocycles. The zero-order valence-electron chi connectivity index (χ0n) is 7.59. The van der Waals surface area contributed by atoms with Gasteiger partial charge in [-0.25, -0.2) is 0 Å². The lowest BCUT2D eigenvalue weighted by atomic mass is 10.2. The van der Waals surface area contributed by atoms with E-state index in [-0.39, 0.29) is 0 Å². The van der Waals surface area contributed by atoms with Crippen LogP contribution in [0, 0.1) is 0 Å². The number of likely N-dealkylation sites (tertiary alicyclic amines) is 1. The molecule has 3 heteroatoms. The third-order valence-electron chi connectivity index (χ3n) is 2.30. The summed E-state index contributed by atoms with van der Waals surface area (Å²) in [6.45, 7) is 2.69. The van der Waals surface area contributed by atoms with Gasteiger partial charge in [0, 0.05) is 19.5 Å². The van der Waals surface area contributed by atoms with E-state index in [1.807, 2.05) is 4.90 Å². The van der Waals surface area contributed by atoms with Gasteiger partial charge in [-0.3, -0.25) is 4.79 Å². The lowest BCUT2D eigenvalue weighted by Gasteiger charge is -2.14. The van der Waals surface area contributed by atoms with Crippen molar-refractivity contribution >= 4 is 5.91 Å². The molecular weight excluding hydrogens is 152 g/mol. The number of carbonyl (C=O) groups is 1. The number of rotatable bonds is 5. The molecule has 0 aromatic rings. The van der Waals surface area contributed by atoms with Crippen LogP contribution in [0.3, 0.4) is 0 Å². The van der Waals surface area contributed by atoms with Crippen molar-refractivity contribution < 1.29 is 4.79 Å². The Balaban J connectivity index is 2.02. The third-order valence-corrected chi connectivity index (χ3v) is 2.30. The number of nitrogens with two attached hydrogens (primary N) is 1. The molecule has 2 N–H and O–H groups in total. The first kappa shape index (κ1) is 9.52. The van der Waals surface area contributed by atoms with Crippen LogP contribution >= 0.6 is 0 Å². The standard InChI is InChI=1S/C9H18N2O/c10-6-2-1-3-7-11-8-4-5-9(11)12/h1-8,10H2. The maximum absolute atomic E-state index is 11.1. The molecular formula is C9H18N2O. The largest absolute Gasteiger partial charge is 0.343 e. The summed E-state index contributed by atoms with van der Waals surface area (Å²) in [5, 5.41) is 0. The minimum Gasteiger partial charge on any atom is -0.343 e. The Morgan fingerprint density at radius 1 is 1.33 bits per heavy atom. The van der Waals surface area contributed by atoms with Crippen LogP contribution in [0.4, 0.5) is 0 Å². The van der Waals surface area contributed by atoms with Crippen LogP contribution in [-0.2, 0) is 4.79 Å². The molecule has 1 fully saturated rings. The van der Waals surface area contributed by atoms with Crippen LogP contribution < -0.4 is 5.73 Å². The van der Waals surface area contributed by atoms with Gasteiger partial charge >= 0.3 is 0 Å². The molecule has 0 spiro atoms. The second kappa shape index (κ2) is 5.14. The Morgan fingerprint density at radius 3 is 2.75 bits per heavy atom. The third kappa shape index (κ3) is 2.81. The molecule has 0 atom stereocenters. The summed E-state index contributed by atoms with van der Waals surface area (Å²) < 4.78 is 0. The molecule has 70 valence electrons. The molecule has 0 aromatic carbocycles. The Hall–Kier alpha value is -0.570. The molecule has 0 aliphatic carbocycles. The monoisotopic (exact) mass is 170 g/mol. The summed E-state index contributed by atoms with van der Waals surface area (Å²) in [4.78, 5) is 13.1. The molecule has 1 saturated heterocycles. The molecule has 3 nitrogen and oxygen atoms in total. The second-order valence-electron chi connectivity index (χ2n) is 3.33. The van der Waals surface area contributed by atoms with E-state index in [2.05, 4.69) is 0 Å². The molecule has 1 heterocycles. The highest BCUT2D eigenvalue weighted by atomic mass is 16.2. The molecule has 0 aromatic heterocycles. The molecule has 0 bridgehead atoms. The molecule has 1 aliphatic rings. The highest BCUT2D eigenvalue weighted by Gasteiger charge is 2.18. The van der Waals surface area contributed by atoms with Gasteiger partial charge in [0.2, 0.25) is 5.91 Å². The van der Waals surface area contributed by atoms with E-state index in [0.717, 1.165) is 51.7 Å². The van der Waals surface area contributed by atoms with E-state index in [4.69, 9.17) is 5.73 Å². The Labute approximate surface area is 73.9 Å². The van der Waals surface area contributed by atoms with Crippen LogP contribution in [0.25, 0.3) is 0 Å². The fourth-order valence-electron chi connectivity index (χ4n) is 1.56. The lowest BCUT2D eigenvalue weighted by Crippen LogP contribution is -2.25. The Kier molecular flexibility index (Phi) is 4.08. The average Bonchev–Trinajstić information content (AvgIpc) is 2.46. The summed E-state index contributed by atoms with van der Waals surface area (Å²) in [5.74, 6) is 0.336. The smallest absolute Gasteiger partial charge is 0.222 e. The quantitative estimate of drug-likeness (QED) is 0.618. The Bertz CT molecular complexity index is 147. The normalized spacial score (nSPS) is 17.4. The minimum absolute atomic E-state index is 0.336. The Morgan fingerprint density at radius 2 is 2.17 bits per heavy atom. The number of hydrogen-bond acceptors (Lipinski definition) is 2. The number of amides is 1. The van der Waals surface area contributed by atoms with Crippen molar-refractivity contribution in [2.75, 3.05) is 19.6 Å². The number of hydrogen-bond donors (Lipinski definition) is 1. The van der Waals surface area contributed by atoms with Gasteiger partial charge in [0.05, 0.1) is 0 Å². The highest BCUT2D eigenvalue weighted by molar-refractivity contribution is 5.77. The van der Waals surface area contributed by atoms with E-state index >= 15 is 0 Å². The SMILES string of the molecule is NCCCCCN1CCCC1=O. The summed E-state index contributed by atoms with van der Waals surface area (Å²) in [6, 6.07) is 0. The molecule has 1 amide bonds. The van der Waals surface area contributed by atoms with E-state index in [0.29, 0.717) is 5.91 Å². The first-order valence-corrected chi connectivity index (χ1v) is 4.82. The van der Waals surface area contributed by atoms with E-state index in [1.165, 1.54) is 0 Å². The van der Waals surface area contributed by atoms with Crippen molar-refractivity contribution in [3.8, 4) is 0 Å². The van der Waals surface area contributed by atoms with Gasteiger partial charge in [-0.15, -0.1) is 0 Å². The first-order chi connectivity index (χ1) is 5.84. The fraction of sp³-hybridized carbons (Fsp3) is 0.889. The fourth-order valence-corrected chi connectivity index (χ4v) is 1.56. The zero-order chi connectivity index (χ0) is 8.81. The molecule has 12 heavy (non-hydrogen) atoms. The molecule has 1 rings (SSSR count). The maximum atomic E-state index is 11.1. The van der Waals surface area contributed by atoms with Crippen LogP contribution in [0.1, 0.15) is 32.1 Å². The summed E-state index contributed by atoms with van der Waals surface area (Å²) >= 11 is 0. The topological polar surface area (TPSA) is 46.3 Å².